The lowest BCUT2D eigenvalue weighted by atomic mass is 9.81. The van der Waals surface area contributed by atoms with Crippen molar-refractivity contribution in [3.05, 3.63) is 63.3 Å². The number of aromatic nitrogens is 1. The number of benzene rings is 2. The maximum Gasteiger partial charge on any atom is 0.407 e. The standard InChI is InChI=1S/C33H40ClN3O7/c1-32(2,3)43-26(39)15-21-12-18(17-35-31(41)44-33(4,5)6)8-11-23(21)36-25(38)14-20-10-9-19-13-22(34)16-24-27(19)28(20)29(37-24)30(40)42-7/h8,11-13,16,20,37H,9-10,14-15,17H2,1-7H3,(H,35,41)(H,36,38)/t20-/m0/s1. The molecular formula is C33H40ClN3O7. The second-order valence-electron chi connectivity index (χ2n) is 13.0. The minimum absolute atomic E-state index is 0.0877. The summed E-state index contributed by atoms with van der Waals surface area (Å²) in [7, 11) is 1.32. The number of H-pyrrole nitrogens is 1. The molecule has 2 aromatic carbocycles. The highest BCUT2D eigenvalue weighted by atomic mass is 35.5. The summed E-state index contributed by atoms with van der Waals surface area (Å²) in [6, 6.07) is 8.87. The highest BCUT2D eigenvalue weighted by Crippen LogP contribution is 2.42. The zero-order valence-electron chi connectivity index (χ0n) is 26.2. The number of aryl methyl sites for hydroxylation is 1. The molecule has 236 valence electrons. The molecule has 3 N–H and O–H groups in total. The summed E-state index contributed by atoms with van der Waals surface area (Å²) in [5.41, 5.74) is 3.19. The first kappa shape index (κ1) is 32.9. The van der Waals surface area contributed by atoms with Crippen LogP contribution in [0.15, 0.2) is 30.3 Å². The van der Waals surface area contributed by atoms with Crippen LogP contribution in [0.1, 0.15) is 93.0 Å². The van der Waals surface area contributed by atoms with Gasteiger partial charge >= 0.3 is 18.0 Å². The third-order valence-electron chi connectivity index (χ3n) is 7.01. The number of anilines is 1. The molecule has 0 unspecified atom stereocenters. The van der Waals surface area contributed by atoms with Gasteiger partial charge in [-0.15, -0.1) is 0 Å². The van der Waals surface area contributed by atoms with Crippen molar-refractivity contribution in [3.8, 4) is 0 Å². The average Bonchev–Trinajstić information content (AvgIpc) is 3.28. The normalized spacial score (nSPS) is 14.6. The van der Waals surface area contributed by atoms with Crippen molar-refractivity contribution in [2.24, 2.45) is 0 Å². The number of aromatic amines is 1. The third kappa shape index (κ3) is 8.31. The van der Waals surface area contributed by atoms with Crippen molar-refractivity contribution in [1.82, 2.24) is 10.3 Å². The Bertz CT molecular complexity index is 1600. The minimum atomic E-state index is -0.683. The van der Waals surface area contributed by atoms with Gasteiger partial charge in [0.1, 0.15) is 16.9 Å². The molecule has 2 amide bonds. The smallest absolute Gasteiger partial charge is 0.407 e. The Balaban J connectivity index is 1.57. The summed E-state index contributed by atoms with van der Waals surface area (Å²) in [5, 5.41) is 7.14. The first-order chi connectivity index (χ1) is 20.5. The van der Waals surface area contributed by atoms with Gasteiger partial charge in [-0.1, -0.05) is 23.7 Å². The molecule has 0 saturated carbocycles. The van der Waals surface area contributed by atoms with E-state index in [9.17, 15) is 19.2 Å². The highest BCUT2D eigenvalue weighted by molar-refractivity contribution is 6.31. The van der Waals surface area contributed by atoms with Gasteiger partial charge in [-0.2, -0.15) is 0 Å². The van der Waals surface area contributed by atoms with Gasteiger partial charge in [-0.3, -0.25) is 9.59 Å². The molecule has 1 atom stereocenters. The van der Waals surface area contributed by atoms with E-state index in [4.69, 9.17) is 25.8 Å². The topological polar surface area (TPSA) is 136 Å². The van der Waals surface area contributed by atoms with E-state index in [0.29, 0.717) is 40.4 Å². The Morgan fingerprint density at radius 2 is 1.70 bits per heavy atom. The lowest BCUT2D eigenvalue weighted by molar-refractivity contribution is -0.153. The Morgan fingerprint density at radius 3 is 2.36 bits per heavy atom. The first-order valence-corrected chi connectivity index (χ1v) is 14.9. The molecule has 4 rings (SSSR count). The van der Waals surface area contributed by atoms with Crippen LogP contribution >= 0.6 is 11.6 Å². The van der Waals surface area contributed by atoms with Crippen LogP contribution in [-0.2, 0) is 43.2 Å². The van der Waals surface area contributed by atoms with Crippen LogP contribution in [0, 0.1) is 0 Å². The lowest BCUT2D eigenvalue weighted by Gasteiger charge is -2.24. The molecule has 1 aromatic heterocycles. The summed E-state index contributed by atoms with van der Waals surface area (Å²) < 4.78 is 15.9. The Hall–Kier alpha value is -4.05. The SMILES string of the molecule is COC(=O)c1[nH]c2cc(Cl)cc3c2c1[C@H](CC(=O)Nc1ccc(CNC(=O)OC(C)(C)C)cc1CC(=O)OC(C)(C)C)CC3. The number of carbonyl (C=O) groups excluding carboxylic acids is 4. The molecule has 11 heteroatoms. The van der Waals surface area contributed by atoms with Gasteiger partial charge in [0.25, 0.3) is 0 Å². The number of methoxy groups -OCH3 is 1. The number of nitrogens with one attached hydrogen (secondary N) is 3. The van der Waals surface area contributed by atoms with Crippen LogP contribution in [0.2, 0.25) is 5.02 Å². The van der Waals surface area contributed by atoms with Gasteiger partial charge in [0, 0.05) is 34.6 Å². The molecular weight excluding hydrogens is 586 g/mol. The molecule has 1 aliphatic carbocycles. The zero-order chi connectivity index (χ0) is 32.4. The quantitative estimate of drug-likeness (QED) is 0.190. The van der Waals surface area contributed by atoms with E-state index in [2.05, 4.69) is 15.6 Å². The third-order valence-corrected chi connectivity index (χ3v) is 7.23. The monoisotopic (exact) mass is 625 g/mol. The number of hydrogen-bond donors (Lipinski definition) is 3. The number of halogens is 1. The summed E-state index contributed by atoms with van der Waals surface area (Å²) >= 11 is 6.31. The van der Waals surface area contributed by atoms with Gasteiger partial charge in [0.2, 0.25) is 5.91 Å². The van der Waals surface area contributed by atoms with E-state index in [-0.39, 0.29) is 31.2 Å². The molecule has 44 heavy (non-hydrogen) atoms. The predicted octanol–water partition coefficient (Wildman–Crippen LogP) is 6.58. The Kier molecular flexibility index (Phi) is 9.63. The van der Waals surface area contributed by atoms with Crippen LogP contribution in [0.4, 0.5) is 10.5 Å². The van der Waals surface area contributed by atoms with Crippen molar-refractivity contribution in [2.45, 2.75) is 90.9 Å². The number of ether oxygens (including phenoxy) is 3. The summed E-state index contributed by atoms with van der Waals surface area (Å²) in [5.74, 6) is -1.49. The summed E-state index contributed by atoms with van der Waals surface area (Å²) in [4.78, 5) is 54.3. The first-order valence-electron chi connectivity index (χ1n) is 14.6. The van der Waals surface area contributed by atoms with Crippen molar-refractivity contribution in [3.63, 3.8) is 0 Å². The zero-order valence-corrected chi connectivity index (χ0v) is 27.0. The fraction of sp³-hybridized carbons (Fsp3) is 0.455. The fourth-order valence-corrected chi connectivity index (χ4v) is 5.67. The van der Waals surface area contributed by atoms with Crippen molar-refractivity contribution in [2.75, 3.05) is 12.4 Å². The molecule has 0 fully saturated rings. The fourth-order valence-electron chi connectivity index (χ4n) is 5.43. The van der Waals surface area contributed by atoms with Gasteiger partial charge < -0.3 is 29.8 Å². The van der Waals surface area contributed by atoms with Crippen LogP contribution in [-0.4, -0.2) is 47.2 Å². The molecule has 10 nitrogen and oxygen atoms in total. The van der Waals surface area contributed by atoms with E-state index in [1.165, 1.54) is 7.11 Å². The number of esters is 2. The summed E-state index contributed by atoms with van der Waals surface area (Å²) in [6.07, 6.45) is 0.786. The number of carbonyl (C=O) groups is 4. The molecule has 3 aromatic rings. The Labute approximate surface area is 262 Å². The average molecular weight is 626 g/mol. The number of amides is 2. The van der Waals surface area contributed by atoms with Gasteiger partial charge in [0.15, 0.2) is 0 Å². The number of alkyl carbamates (subject to hydrolysis) is 1. The minimum Gasteiger partial charge on any atom is -0.464 e. The van der Waals surface area contributed by atoms with Crippen LogP contribution in [0.5, 0.6) is 0 Å². The Morgan fingerprint density at radius 1 is 1.00 bits per heavy atom. The maximum absolute atomic E-state index is 13.5. The number of hydrogen-bond acceptors (Lipinski definition) is 7. The second kappa shape index (κ2) is 12.9. The van der Waals surface area contributed by atoms with Gasteiger partial charge in [0.05, 0.1) is 13.5 Å². The summed E-state index contributed by atoms with van der Waals surface area (Å²) in [6.45, 7) is 10.8. The van der Waals surface area contributed by atoms with E-state index < -0.39 is 29.2 Å². The van der Waals surface area contributed by atoms with Crippen molar-refractivity contribution >= 4 is 52.1 Å². The molecule has 0 aliphatic heterocycles. The van der Waals surface area contributed by atoms with E-state index in [1.54, 1.807) is 65.8 Å². The molecule has 0 spiro atoms. The van der Waals surface area contributed by atoms with Crippen molar-refractivity contribution < 1.29 is 33.4 Å². The second-order valence-corrected chi connectivity index (χ2v) is 13.4. The molecule has 1 aliphatic rings. The van der Waals surface area contributed by atoms with Crippen LogP contribution in [0.25, 0.3) is 10.9 Å². The molecule has 1 heterocycles. The van der Waals surface area contributed by atoms with Crippen molar-refractivity contribution in [1.29, 1.82) is 0 Å². The van der Waals surface area contributed by atoms with Crippen LogP contribution < -0.4 is 10.6 Å². The van der Waals surface area contributed by atoms with Crippen LogP contribution in [0.3, 0.4) is 0 Å². The molecule has 0 bridgehead atoms. The number of rotatable bonds is 8. The van der Waals surface area contributed by atoms with E-state index >= 15 is 0 Å². The van der Waals surface area contributed by atoms with E-state index in [1.807, 2.05) is 6.07 Å². The van der Waals surface area contributed by atoms with E-state index in [0.717, 1.165) is 22.0 Å². The highest BCUT2D eigenvalue weighted by Gasteiger charge is 2.32. The predicted molar refractivity (Wildman–Crippen MR) is 168 cm³/mol. The van der Waals surface area contributed by atoms with Gasteiger partial charge in [-0.05, 0) is 101 Å². The molecule has 0 saturated heterocycles. The lowest BCUT2D eigenvalue weighted by Crippen LogP contribution is -2.32. The van der Waals surface area contributed by atoms with Gasteiger partial charge in [-0.25, -0.2) is 9.59 Å². The molecule has 0 radical (unpaired) electrons. The maximum atomic E-state index is 13.5. The largest absolute Gasteiger partial charge is 0.464 e.